The van der Waals surface area contributed by atoms with Crippen molar-refractivity contribution in [2.45, 2.75) is 97.1 Å². The summed E-state index contributed by atoms with van der Waals surface area (Å²) in [6.45, 7) is 14.4. The van der Waals surface area contributed by atoms with E-state index in [1.54, 1.807) is 35.6 Å². The van der Waals surface area contributed by atoms with E-state index in [9.17, 15) is 18.4 Å². The highest BCUT2D eigenvalue weighted by atomic mass is 19.1. The molecule has 4 amide bonds. The summed E-state index contributed by atoms with van der Waals surface area (Å²) in [6, 6.07) is 26.8. The van der Waals surface area contributed by atoms with E-state index >= 15 is 0 Å². The van der Waals surface area contributed by atoms with Crippen LogP contribution in [0.4, 0.5) is 29.7 Å². The van der Waals surface area contributed by atoms with Crippen molar-refractivity contribution >= 4 is 23.4 Å². The maximum atomic E-state index is 13.2. The Labute approximate surface area is 416 Å². The van der Waals surface area contributed by atoms with Crippen molar-refractivity contribution in [2.24, 2.45) is 25.9 Å². The number of carbonyl (C=O) groups is 2. The third-order valence-corrected chi connectivity index (χ3v) is 13.4. The maximum absolute atomic E-state index is 13.2. The van der Waals surface area contributed by atoms with Gasteiger partial charge in [0.15, 0.2) is 11.6 Å². The van der Waals surface area contributed by atoms with Crippen molar-refractivity contribution in [3.05, 3.63) is 119 Å². The maximum Gasteiger partial charge on any atom is 0.319 e. The molecule has 4 atom stereocenters. The summed E-state index contributed by atoms with van der Waals surface area (Å²) in [5, 5.41) is 35.3. The Kier molecular flexibility index (Phi) is 18.7. The van der Waals surface area contributed by atoms with Gasteiger partial charge in [0, 0.05) is 74.9 Å². The number of likely N-dealkylation sites (tertiary alicyclic amines) is 2. The number of benzene rings is 4. The van der Waals surface area contributed by atoms with Crippen LogP contribution in [0.1, 0.15) is 88.8 Å². The molecule has 0 spiro atoms. The fraction of sp³-hybridized carbons (Fsp3) is 0.472. The van der Waals surface area contributed by atoms with Crippen LogP contribution in [-0.2, 0) is 26.9 Å². The van der Waals surface area contributed by atoms with Crippen molar-refractivity contribution in [3.63, 3.8) is 0 Å². The molecule has 4 N–H and O–H groups in total. The molecule has 16 nitrogen and oxygen atoms in total. The van der Waals surface area contributed by atoms with E-state index in [0.29, 0.717) is 40.8 Å². The van der Waals surface area contributed by atoms with E-state index in [1.165, 1.54) is 48.9 Å². The summed E-state index contributed by atoms with van der Waals surface area (Å²) >= 11 is 0. The van der Waals surface area contributed by atoms with Crippen LogP contribution in [-0.4, -0.2) is 114 Å². The monoisotopic (exact) mass is 973 g/mol. The Morgan fingerprint density at radius 2 is 1.10 bits per heavy atom. The van der Waals surface area contributed by atoms with E-state index in [1.807, 2.05) is 74.5 Å². The molecule has 71 heavy (non-hydrogen) atoms. The quantitative estimate of drug-likeness (QED) is 0.0691. The molecule has 0 bridgehead atoms. The van der Waals surface area contributed by atoms with Crippen LogP contribution in [0.15, 0.2) is 91.0 Å². The average molecular weight is 973 g/mol. The lowest BCUT2D eigenvalue weighted by Crippen LogP contribution is -2.41. The zero-order valence-electron chi connectivity index (χ0n) is 42.0. The third kappa shape index (κ3) is 16.2. The first-order valence-electron chi connectivity index (χ1n) is 25.0. The van der Waals surface area contributed by atoms with Gasteiger partial charge in [-0.2, -0.15) is 0 Å². The molecule has 4 heterocycles. The number of aryl methyl sites for hydroxylation is 2. The van der Waals surface area contributed by atoms with Crippen LogP contribution in [0.25, 0.3) is 22.8 Å². The summed E-state index contributed by atoms with van der Waals surface area (Å²) < 4.78 is 29.6. The van der Waals surface area contributed by atoms with Gasteiger partial charge >= 0.3 is 12.1 Å². The molecule has 2 fully saturated rings. The van der Waals surface area contributed by atoms with Crippen LogP contribution < -0.4 is 21.3 Å². The normalized spacial score (nSPS) is 17.2. The molecule has 0 saturated carbocycles. The molecule has 8 rings (SSSR count). The van der Waals surface area contributed by atoms with Gasteiger partial charge in [0.05, 0.1) is 0 Å². The highest BCUT2D eigenvalue weighted by Gasteiger charge is 2.23. The first-order valence-corrected chi connectivity index (χ1v) is 25.0. The lowest BCUT2D eigenvalue weighted by atomic mass is 9.91. The Bertz CT molecular complexity index is 2620. The second-order valence-electron chi connectivity index (χ2n) is 19.7. The molecule has 2 aliphatic rings. The molecule has 0 radical (unpaired) electrons. The number of urea groups is 2. The number of carbonyl (C=O) groups excluding carboxylic acids is 2. The number of nitrogens with one attached hydrogen (secondary N) is 4. The van der Waals surface area contributed by atoms with Crippen LogP contribution in [0, 0.1) is 23.5 Å². The van der Waals surface area contributed by atoms with Gasteiger partial charge in [-0.3, -0.25) is 0 Å². The van der Waals surface area contributed by atoms with Gasteiger partial charge in [0.1, 0.15) is 11.6 Å². The lowest BCUT2D eigenvalue weighted by molar-refractivity contribution is 0.168. The first kappa shape index (κ1) is 52.2. The predicted molar refractivity (Wildman–Crippen MR) is 274 cm³/mol. The van der Waals surface area contributed by atoms with Crippen molar-refractivity contribution in [3.8, 4) is 22.8 Å². The van der Waals surface area contributed by atoms with Crippen LogP contribution in [0.3, 0.4) is 0 Å². The van der Waals surface area contributed by atoms with Crippen LogP contribution >= 0.6 is 0 Å². The summed E-state index contributed by atoms with van der Waals surface area (Å²) in [5.74, 6) is 2.38. The Morgan fingerprint density at radius 3 is 1.58 bits per heavy atom. The van der Waals surface area contributed by atoms with Gasteiger partial charge in [-0.15, -0.1) is 10.2 Å². The number of rotatable bonds is 17. The number of tetrazole rings is 2. The fourth-order valence-electron chi connectivity index (χ4n) is 9.50. The zero-order valence-corrected chi connectivity index (χ0v) is 42.0. The number of anilines is 2. The van der Waals surface area contributed by atoms with E-state index in [2.05, 4.69) is 82.0 Å². The molecule has 2 aliphatic heterocycles. The van der Waals surface area contributed by atoms with Crippen molar-refractivity contribution in [2.75, 3.05) is 49.9 Å². The molecule has 2 aromatic heterocycles. The van der Waals surface area contributed by atoms with E-state index in [4.69, 9.17) is 0 Å². The average Bonchev–Trinajstić information content (AvgIpc) is 3.99. The summed E-state index contributed by atoms with van der Waals surface area (Å²) in [6.07, 6.45) is 8.46. The van der Waals surface area contributed by atoms with E-state index in [-0.39, 0.29) is 35.8 Å². The largest absolute Gasteiger partial charge is 0.335 e. The van der Waals surface area contributed by atoms with Crippen LogP contribution in [0.5, 0.6) is 0 Å². The van der Waals surface area contributed by atoms with Gasteiger partial charge in [-0.25, -0.2) is 27.7 Å². The molecule has 0 unspecified atom stereocenters. The SMILES string of the molecule is CC(C)c1cc(NC(=O)N[C@H](C)CCN2CCC[C@@H](Cc3ccc(F)cc3)C2)cc(-c2nnnn2C)c1.C[C@H](CCN1CCC[C@@H](Cc2ccc(F)cc2)C1)NC(=O)Nc1cccc(-c2nnnn2C)c1. The molecular weight excluding hydrogens is 903 g/mol. The molecule has 4 aromatic carbocycles. The Hall–Kier alpha value is -6.66. The number of aromatic nitrogens is 8. The number of halogens is 2. The van der Waals surface area contributed by atoms with Crippen molar-refractivity contribution in [1.29, 1.82) is 0 Å². The Morgan fingerprint density at radius 1 is 0.620 bits per heavy atom. The number of nitrogens with zero attached hydrogens (tertiary/aromatic N) is 10. The van der Waals surface area contributed by atoms with Gasteiger partial charge in [0.2, 0.25) is 0 Å². The highest BCUT2D eigenvalue weighted by molar-refractivity contribution is 5.91. The van der Waals surface area contributed by atoms with E-state index in [0.717, 1.165) is 81.6 Å². The molecule has 6 aromatic rings. The van der Waals surface area contributed by atoms with Gasteiger partial charge in [-0.05, 0) is 188 Å². The number of hydrogen-bond acceptors (Lipinski definition) is 10. The number of piperidine rings is 2. The zero-order chi connectivity index (χ0) is 50.3. The lowest BCUT2D eigenvalue weighted by Gasteiger charge is -2.33. The van der Waals surface area contributed by atoms with E-state index < -0.39 is 0 Å². The second kappa shape index (κ2) is 25.5. The molecular formula is C53H70F2N14O2. The highest BCUT2D eigenvalue weighted by Crippen LogP contribution is 2.28. The molecule has 378 valence electrons. The molecule has 0 aliphatic carbocycles. The Balaban J connectivity index is 0.000000209. The van der Waals surface area contributed by atoms with Gasteiger partial charge in [-0.1, -0.05) is 50.2 Å². The summed E-state index contributed by atoms with van der Waals surface area (Å²) in [5.41, 5.74) is 6.59. The number of hydrogen-bond donors (Lipinski definition) is 4. The minimum absolute atomic E-state index is 0.0353. The summed E-state index contributed by atoms with van der Waals surface area (Å²) in [7, 11) is 3.57. The first-order chi connectivity index (χ1) is 34.2. The minimum Gasteiger partial charge on any atom is -0.335 e. The fourth-order valence-corrected chi connectivity index (χ4v) is 9.50. The van der Waals surface area contributed by atoms with Crippen LogP contribution in [0.2, 0.25) is 0 Å². The van der Waals surface area contributed by atoms with Gasteiger partial charge < -0.3 is 31.1 Å². The standard InChI is InChI=1S/C28H38FN7O.C25H32FN7O/c1-19(2)23-15-24(27-32-33-34-35(27)4)17-26(16-23)31-28(37)30-20(3)11-13-36-12-5-6-22(18-36)14-21-7-9-25(29)10-8-21;1-18(12-14-33-13-4-5-20(17-33)15-19-8-10-22(26)11-9-19)27-25(34)28-23-7-3-6-21(16-23)24-29-30-31-32(24)2/h7-10,15-17,19-20,22H,5-6,11-14,18H2,1-4H3,(H2,30,31,37);3,6-11,16,18,20H,4-5,12-15,17H2,1-2H3,(H2,27,28,34)/t20-,22+;18-,20+/m11/s1. The predicted octanol–water partition coefficient (Wildman–Crippen LogP) is 8.87. The summed E-state index contributed by atoms with van der Waals surface area (Å²) in [4.78, 5) is 30.3. The number of amides is 4. The van der Waals surface area contributed by atoms with Crippen molar-refractivity contribution in [1.82, 2.24) is 60.8 Å². The molecule has 18 heteroatoms. The second-order valence-corrected chi connectivity index (χ2v) is 19.7. The topological polar surface area (TPSA) is 176 Å². The van der Waals surface area contributed by atoms with Gasteiger partial charge in [0.25, 0.3) is 0 Å². The third-order valence-electron chi connectivity index (χ3n) is 13.4. The minimum atomic E-state index is -0.228. The smallest absolute Gasteiger partial charge is 0.319 e. The molecule has 2 saturated heterocycles. The van der Waals surface area contributed by atoms with Crippen molar-refractivity contribution < 1.29 is 18.4 Å².